The zero-order valence-corrected chi connectivity index (χ0v) is 20.9. The molecule has 0 aromatic heterocycles. The Labute approximate surface area is 199 Å². The highest BCUT2D eigenvalue weighted by molar-refractivity contribution is 5.80. The zero-order chi connectivity index (χ0) is 23.8. The molecule has 3 rings (SSSR count). The average Bonchev–Trinajstić information content (AvgIpc) is 2.96. The first kappa shape index (κ1) is 24.9. The number of carbonyl (C=O) groups is 1. The Hall–Kier alpha value is -2.73. The minimum absolute atomic E-state index is 0.252. The maximum absolute atomic E-state index is 12.8. The third kappa shape index (κ3) is 6.87. The monoisotopic (exact) mass is 453 g/mol. The average molecular weight is 454 g/mol. The predicted molar refractivity (Wildman–Crippen MR) is 135 cm³/mol. The number of benzene rings is 2. The zero-order valence-electron chi connectivity index (χ0n) is 20.9. The normalized spacial score (nSPS) is 13.6. The molecule has 0 aliphatic carbocycles. The summed E-state index contributed by atoms with van der Waals surface area (Å²) in [6.45, 7) is 3.66. The molecule has 6 heteroatoms. The molecular weight excluding hydrogens is 414 g/mol. The molecule has 2 aromatic rings. The Balaban J connectivity index is 1.40. The highest BCUT2D eigenvalue weighted by Crippen LogP contribution is 2.28. The van der Waals surface area contributed by atoms with Gasteiger partial charge in [-0.2, -0.15) is 0 Å². The van der Waals surface area contributed by atoms with E-state index in [1.807, 2.05) is 11.0 Å². The molecule has 0 radical (unpaired) electrons. The van der Waals surface area contributed by atoms with Crippen molar-refractivity contribution < 1.29 is 14.3 Å². The Morgan fingerprint density at radius 1 is 0.909 bits per heavy atom. The van der Waals surface area contributed by atoms with Crippen LogP contribution in [0.1, 0.15) is 29.5 Å². The summed E-state index contributed by atoms with van der Waals surface area (Å²) in [4.78, 5) is 19.3. The van der Waals surface area contributed by atoms with Crippen molar-refractivity contribution in [2.45, 2.75) is 32.1 Å². The van der Waals surface area contributed by atoms with Gasteiger partial charge in [0, 0.05) is 32.9 Å². The standard InChI is InChI=1S/C27H39N3O3/c1-28(2)24-11-10-22-20-27(31)30(17-13-23(22)19-24)16-7-15-29(3)14-6-8-21-9-12-25(32-4)26(18-21)33-5/h9-12,18-19H,6-8,13-17,20H2,1-5H3. The minimum Gasteiger partial charge on any atom is -0.493 e. The van der Waals surface area contributed by atoms with Crippen LogP contribution in [0.25, 0.3) is 0 Å². The summed E-state index contributed by atoms with van der Waals surface area (Å²) in [6, 6.07) is 12.6. The summed E-state index contributed by atoms with van der Waals surface area (Å²) in [6.07, 6.45) is 4.53. The van der Waals surface area contributed by atoms with Crippen LogP contribution in [0.5, 0.6) is 11.5 Å². The summed E-state index contributed by atoms with van der Waals surface area (Å²) in [5.41, 5.74) is 4.95. The quantitative estimate of drug-likeness (QED) is 0.520. The van der Waals surface area contributed by atoms with Gasteiger partial charge in [0.25, 0.3) is 0 Å². The van der Waals surface area contributed by atoms with Gasteiger partial charge in [0.1, 0.15) is 0 Å². The van der Waals surface area contributed by atoms with Crippen LogP contribution in [0, 0.1) is 0 Å². The van der Waals surface area contributed by atoms with Gasteiger partial charge in [-0.3, -0.25) is 4.79 Å². The van der Waals surface area contributed by atoms with Crippen LogP contribution in [-0.4, -0.2) is 77.2 Å². The molecule has 0 saturated heterocycles. The molecule has 0 atom stereocenters. The van der Waals surface area contributed by atoms with Crippen LogP contribution in [0.4, 0.5) is 5.69 Å². The van der Waals surface area contributed by atoms with Gasteiger partial charge in [0.15, 0.2) is 11.5 Å². The first-order valence-corrected chi connectivity index (χ1v) is 11.9. The number of anilines is 1. The van der Waals surface area contributed by atoms with E-state index in [4.69, 9.17) is 9.47 Å². The third-order valence-electron chi connectivity index (χ3n) is 6.47. The van der Waals surface area contributed by atoms with E-state index in [-0.39, 0.29) is 5.91 Å². The smallest absolute Gasteiger partial charge is 0.227 e. The topological polar surface area (TPSA) is 45.2 Å². The molecule has 0 N–H and O–H groups in total. The van der Waals surface area contributed by atoms with Gasteiger partial charge in [-0.15, -0.1) is 0 Å². The number of hydrogen-bond acceptors (Lipinski definition) is 5. The van der Waals surface area contributed by atoms with Crippen LogP contribution >= 0.6 is 0 Å². The Morgan fingerprint density at radius 2 is 1.67 bits per heavy atom. The number of amides is 1. The molecular formula is C27H39N3O3. The maximum atomic E-state index is 12.8. The number of methoxy groups -OCH3 is 2. The minimum atomic E-state index is 0.252. The number of hydrogen-bond donors (Lipinski definition) is 0. The molecule has 1 amide bonds. The molecule has 6 nitrogen and oxygen atoms in total. The summed E-state index contributed by atoms with van der Waals surface area (Å²) in [5.74, 6) is 1.80. The number of ether oxygens (including phenoxy) is 2. The van der Waals surface area contributed by atoms with Gasteiger partial charge < -0.3 is 24.2 Å². The van der Waals surface area contributed by atoms with E-state index < -0.39 is 0 Å². The third-order valence-corrected chi connectivity index (χ3v) is 6.47. The van der Waals surface area contributed by atoms with E-state index in [1.165, 1.54) is 22.4 Å². The van der Waals surface area contributed by atoms with Crippen molar-refractivity contribution in [1.29, 1.82) is 0 Å². The van der Waals surface area contributed by atoms with Gasteiger partial charge >= 0.3 is 0 Å². The second-order valence-corrected chi connectivity index (χ2v) is 9.10. The second-order valence-electron chi connectivity index (χ2n) is 9.10. The van der Waals surface area contributed by atoms with Crippen LogP contribution in [0.15, 0.2) is 36.4 Å². The molecule has 180 valence electrons. The van der Waals surface area contributed by atoms with Crippen LogP contribution in [0.2, 0.25) is 0 Å². The van der Waals surface area contributed by atoms with Crippen molar-refractivity contribution in [3.8, 4) is 11.5 Å². The molecule has 33 heavy (non-hydrogen) atoms. The van der Waals surface area contributed by atoms with Crippen molar-refractivity contribution in [3.63, 3.8) is 0 Å². The van der Waals surface area contributed by atoms with E-state index >= 15 is 0 Å². The highest BCUT2D eigenvalue weighted by Gasteiger charge is 2.20. The highest BCUT2D eigenvalue weighted by atomic mass is 16.5. The summed E-state index contributed by atoms with van der Waals surface area (Å²) in [5, 5.41) is 0. The summed E-state index contributed by atoms with van der Waals surface area (Å²) >= 11 is 0. The summed E-state index contributed by atoms with van der Waals surface area (Å²) in [7, 11) is 9.60. The van der Waals surface area contributed by atoms with Gasteiger partial charge in [-0.25, -0.2) is 0 Å². The number of carbonyl (C=O) groups excluding carboxylic acids is 1. The number of rotatable bonds is 11. The molecule has 1 aliphatic heterocycles. The number of nitrogens with zero attached hydrogens (tertiary/aromatic N) is 3. The lowest BCUT2D eigenvalue weighted by atomic mass is 10.0. The van der Waals surface area contributed by atoms with Crippen molar-refractivity contribution in [2.24, 2.45) is 0 Å². The molecule has 2 aromatic carbocycles. The van der Waals surface area contributed by atoms with Crippen molar-refractivity contribution in [1.82, 2.24) is 9.80 Å². The van der Waals surface area contributed by atoms with Gasteiger partial charge in [0.2, 0.25) is 5.91 Å². The SMILES string of the molecule is COc1ccc(CCCN(C)CCCN2CCc3cc(N(C)C)ccc3CC2=O)cc1OC. The van der Waals surface area contributed by atoms with Gasteiger partial charge in [-0.1, -0.05) is 12.1 Å². The van der Waals surface area contributed by atoms with E-state index in [1.54, 1.807) is 14.2 Å². The molecule has 0 saturated carbocycles. The van der Waals surface area contributed by atoms with Crippen molar-refractivity contribution >= 4 is 11.6 Å². The fourth-order valence-corrected chi connectivity index (χ4v) is 4.42. The molecule has 0 spiro atoms. The largest absolute Gasteiger partial charge is 0.493 e. The fraction of sp³-hybridized carbons (Fsp3) is 0.519. The van der Waals surface area contributed by atoms with Crippen molar-refractivity contribution in [3.05, 3.63) is 53.1 Å². The predicted octanol–water partition coefficient (Wildman–Crippen LogP) is 3.65. The Kier molecular flexibility index (Phi) is 9.01. The lowest BCUT2D eigenvalue weighted by molar-refractivity contribution is -0.130. The molecule has 1 aliphatic rings. The Morgan fingerprint density at radius 3 is 2.39 bits per heavy atom. The van der Waals surface area contributed by atoms with E-state index in [0.717, 1.165) is 63.4 Å². The lowest BCUT2D eigenvalue weighted by Gasteiger charge is -2.23. The van der Waals surface area contributed by atoms with Gasteiger partial charge in [-0.05, 0) is 86.8 Å². The first-order valence-electron chi connectivity index (χ1n) is 11.9. The summed E-state index contributed by atoms with van der Waals surface area (Å²) < 4.78 is 10.7. The second kappa shape index (κ2) is 11.9. The van der Waals surface area contributed by atoms with Crippen LogP contribution < -0.4 is 14.4 Å². The van der Waals surface area contributed by atoms with E-state index in [2.05, 4.69) is 61.3 Å². The Bertz CT molecular complexity index is 929. The van der Waals surface area contributed by atoms with Crippen LogP contribution in [0.3, 0.4) is 0 Å². The van der Waals surface area contributed by atoms with E-state index in [0.29, 0.717) is 6.42 Å². The lowest BCUT2D eigenvalue weighted by Crippen LogP contribution is -2.35. The van der Waals surface area contributed by atoms with Crippen molar-refractivity contribution in [2.75, 3.05) is 66.4 Å². The molecule has 0 unspecified atom stereocenters. The number of aryl methyl sites for hydroxylation is 1. The fourth-order valence-electron chi connectivity index (χ4n) is 4.42. The maximum Gasteiger partial charge on any atom is 0.227 e. The molecule has 0 bridgehead atoms. The molecule has 1 heterocycles. The van der Waals surface area contributed by atoms with Crippen LogP contribution in [-0.2, 0) is 24.1 Å². The van der Waals surface area contributed by atoms with E-state index in [9.17, 15) is 4.79 Å². The first-order chi connectivity index (χ1) is 15.9. The molecule has 0 fully saturated rings. The number of fused-ring (bicyclic) bond motifs is 1. The van der Waals surface area contributed by atoms with Gasteiger partial charge in [0.05, 0.1) is 20.6 Å².